The van der Waals surface area contributed by atoms with E-state index >= 15 is 0 Å². The van der Waals surface area contributed by atoms with Crippen molar-refractivity contribution in [3.8, 4) is 0 Å². The van der Waals surface area contributed by atoms with Crippen LogP contribution in [0.2, 0.25) is 0 Å². The average molecular weight is 287 g/mol. The summed E-state index contributed by atoms with van der Waals surface area (Å²) in [7, 11) is 0. The van der Waals surface area contributed by atoms with Gasteiger partial charge >= 0.3 is 0 Å². The molecule has 116 valence electrons. The van der Waals surface area contributed by atoms with Crippen LogP contribution >= 0.6 is 0 Å². The monoisotopic (exact) mass is 287 g/mol. The first-order valence-corrected chi connectivity index (χ1v) is 8.23. The first-order chi connectivity index (χ1) is 9.88. The smallest absolute Gasteiger partial charge is 0.177 e. The van der Waals surface area contributed by atoms with Crippen LogP contribution in [-0.4, -0.2) is 29.8 Å². The van der Waals surface area contributed by atoms with Gasteiger partial charge in [-0.1, -0.05) is 31.5 Å². The standard InChI is InChI=1S/C19H29NO/c1-13(2)8-9-20(17-6-7-17)12-18(21)19-15(4)10-14(3)11-16(19)5/h10-11,13,17H,6-9,12H2,1-5H3. The second kappa shape index (κ2) is 6.74. The fraction of sp³-hybridized carbons (Fsp3) is 0.632. The number of ketones is 1. The van der Waals surface area contributed by atoms with E-state index in [9.17, 15) is 4.79 Å². The molecule has 0 radical (unpaired) electrons. The Balaban J connectivity index is 2.08. The molecule has 1 aromatic rings. The van der Waals surface area contributed by atoms with E-state index in [4.69, 9.17) is 0 Å². The van der Waals surface area contributed by atoms with E-state index in [1.54, 1.807) is 0 Å². The minimum atomic E-state index is 0.292. The van der Waals surface area contributed by atoms with Crippen molar-refractivity contribution in [2.24, 2.45) is 5.92 Å². The molecule has 0 atom stereocenters. The van der Waals surface area contributed by atoms with Crippen molar-refractivity contribution in [2.75, 3.05) is 13.1 Å². The molecule has 0 aromatic heterocycles. The zero-order chi connectivity index (χ0) is 15.6. The van der Waals surface area contributed by atoms with Crippen LogP contribution in [0.5, 0.6) is 0 Å². The maximum atomic E-state index is 12.7. The summed E-state index contributed by atoms with van der Waals surface area (Å²) in [6, 6.07) is 4.89. The third-order valence-corrected chi connectivity index (χ3v) is 4.36. The Hall–Kier alpha value is -1.15. The predicted octanol–water partition coefficient (Wildman–Crippen LogP) is 4.31. The molecular formula is C19H29NO. The molecule has 0 heterocycles. The van der Waals surface area contributed by atoms with E-state index < -0.39 is 0 Å². The van der Waals surface area contributed by atoms with Gasteiger partial charge in [-0.3, -0.25) is 9.69 Å². The van der Waals surface area contributed by atoms with Crippen LogP contribution in [0, 0.1) is 26.7 Å². The van der Waals surface area contributed by atoms with Crippen LogP contribution in [0.15, 0.2) is 12.1 Å². The van der Waals surface area contributed by atoms with Gasteiger partial charge in [0.2, 0.25) is 0 Å². The summed E-state index contributed by atoms with van der Waals surface area (Å²) in [5, 5.41) is 0. The molecular weight excluding hydrogens is 258 g/mol. The Morgan fingerprint density at radius 2 is 1.76 bits per heavy atom. The minimum Gasteiger partial charge on any atom is -0.293 e. The molecule has 0 bridgehead atoms. The SMILES string of the molecule is Cc1cc(C)c(C(=O)CN(CCC(C)C)C2CC2)c(C)c1. The van der Waals surface area contributed by atoms with Crippen molar-refractivity contribution in [1.82, 2.24) is 4.90 Å². The molecule has 1 saturated carbocycles. The van der Waals surface area contributed by atoms with Gasteiger partial charge in [0.15, 0.2) is 5.78 Å². The number of hydrogen-bond donors (Lipinski definition) is 0. The third-order valence-electron chi connectivity index (χ3n) is 4.36. The molecule has 1 fully saturated rings. The molecule has 1 aromatic carbocycles. The molecule has 0 saturated heterocycles. The molecule has 1 aliphatic carbocycles. The largest absolute Gasteiger partial charge is 0.293 e. The summed E-state index contributed by atoms with van der Waals surface area (Å²) in [4.78, 5) is 15.1. The summed E-state index contributed by atoms with van der Waals surface area (Å²) in [5.41, 5.74) is 4.42. The van der Waals surface area contributed by atoms with E-state index in [1.165, 1.54) is 24.8 Å². The van der Waals surface area contributed by atoms with Gasteiger partial charge in [-0.2, -0.15) is 0 Å². The van der Waals surface area contributed by atoms with Crippen molar-refractivity contribution in [3.05, 3.63) is 34.4 Å². The average Bonchev–Trinajstić information content (AvgIpc) is 3.16. The fourth-order valence-corrected chi connectivity index (χ4v) is 3.14. The minimum absolute atomic E-state index is 0.292. The molecule has 0 spiro atoms. The Labute approximate surface area is 129 Å². The van der Waals surface area contributed by atoms with E-state index in [0.29, 0.717) is 24.3 Å². The first-order valence-electron chi connectivity index (χ1n) is 8.23. The van der Waals surface area contributed by atoms with Gasteiger partial charge in [-0.15, -0.1) is 0 Å². The molecule has 2 heteroatoms. The lowest BCUT2D eigenvalue weighted by Gasteiger charge is -2.23. The molecule has 2 rings (SSSR count). The number of hydrogen-bond acceptors (Lipinski definition) is 2. The van der Waals surface area contributed by atoms with E-state index in [-0.39, 0.29) is 0 Å². The molecule has 21 heavy (non-hydrogen) atoms. The maximum absolute atomic E-state index is 12.7. The molecule has 1 aliphatic rings. The summed E-state index contributed by atoms with van der Waals surface area (Å²) < 4.78 is 0. The van der Waals surface area contributed by atoms with Gasteiger partial charge in [-0.05, 0) is 63.6 Å². The van der Waals surface area contributed by atoms with E-state index in [2.05, 4.69) is 51.7 Å². The highest BCUT2D eigenvalue weighted by Gasteiger charge is 2.30. The second-order valence-corrected chi connectivity index (χ2v) is 7.08. The predicted molar refractivity (Wildman–Crippen MR) is 89.0 cm³/mol. The molecule has 0 aliphatic heterocycles. The summed E-state index contributed by atoms with van der Waals surface area (Å²) in [6.07, 6.45) is 3.70. The van der Waals surface area contributed by atoms with Crippen molar-refractivity contribution in [2.45, 2.75) is 59.9 Å². The number of Topliss-reactive ketones (excluding diaryl/α,β-unsaturated/α-hetero) is 1. The highest BCUT2D eigenvalue weighted by atomic mass is 16.1. The van der Waals surface area contributed by atoms with Crippen LogP contribution < -0.4 is 0 Å². The lowest BCUT2D eigenvalue weighted by molar-refractivity contribution is 0.0919. The zero-order valence-electron chi connectivity index (χ0n) is 14.2. The number of rotatable bonds is 7. The fourth-order valence-electron chi connectivity index (χ4n) is 3.14. The van der Waals surface area contributed by atoms with Crippen molar-refractivity contribution >= 4 is 5.78 Å². The van der Waals surface area contributed by atoms with Crippen LogP contribution in [-0.2, 0) is 0 Å². The Morgan fingerprint density at radius 3 is 2.24 bits per heavy atom. The van der Waals surface area contributed by atoms with Gasteiger partial charge in [0, 0.05) is 11.6 Å². The van der Waals surface area contributed by atoms with Gasteiger partial charge in [0.05, 0.1) is 6.54 Å². The number of carbonyl (C=O) groups excluding carboxylic acids is 1. The van der Waals surface area contributed by atoms with Crippen molar-refractivity contribution in [1.29, 1.82) is 0 Å². The quantitative estimate of drug-likeness (QED) is 0.697. The second-order valence-electron chi connectivity index (χ2n) is 7.08. The lowest BCUT2D eigenvalue weighted by Crippen LogP contribution is -2.34. The van der Waals surface area contributed by atoms with Crippen LogP contribution in [0.4, 0.5) is 0 Å². The van der Waals surface area contributed by atoms with E-state index in [1.807, 2.05) is 0 Å². The zero-order valence-corrected chi connectivity index (χ0v) is 14.2. The van der Waals surface area contributed by atoms with Crippen LogP contribution in [0.25, 0.3) is 0 Å². The highest BCUT2D eigenvalue weighted by molar-refractivity contribution is 6.00. The van der Waals surface area contributed by atoms with Gasteiger partial charge in [0.25, 0.3) is 0 Å². The maximum Gasteiger partial charge on any atom is 0.177 e. The van der Waals surface area contributed by atoms with Gasteiger partial charge in [-0.25, -0.2) is 0 Å². The normalized spacial score (nSPS) is 15.0. The molecule has 2 nitrogen and oxygen atoms in total. The number of carbonyl (C=O) groups is 1. The Kier molecular flexibility index (Phi) is 5.21. The molecule has 0 amide bonds. The number of nitrogens with zero attached hydrogens (tertiary/aromatic N) is 1. The Morgan fingerprint density at radius 1 is 1.19 bits per heavy atom. The number of aryl methyl sites for hydroxylation is 3. The van der Waals surface area contributed by atoms with Crippen LogP contribution in [0.3, 0.4) is 0 Å². The highest BCUT2D eigenvalue weighted by Crippen LogP contribution is 2.28. The lowest BCUT2D eigenvalue weighted by atomic mass is 9.96. The molecule has 0 N–H and O–H groups in total. The van der Waals surface area contributed by atoms with Gasteiger partial charge < -0.3 is 0 Å². The third kappa shape index (κ3) is 4.41. The summed E-state index contributed by atoms with van der Waals surface area (Å²) in [5.74, 6) is 0.991. The number of benzene rings is 1. The van der Waals surface area contributed by atoms with Crippen molar-refractivity contribution < 1.29 is 4.79 Å². The first kappa shape index (κ1) is 16.2. The topological polar surface area (TPSA) is 20.3 Å². The molecule has 0 unspecified atom stereocenters. The Bertz CT molecular complexity index is 491. The van der Waals surface area contributed by atoms with Gasteiger partial charge in [0.1, 0.15) is 0 Å². The summed E-state index contributed by atoms with van der Waals surface area (Å²) in [6.45, 7) is 12.3. The van der Waals surface area contributed by atoms with E-state index in [0.717, 1.165) is 23.2 Å². The summed E-state index contributed by atoms with van der Waals surface area (Å²) >= 11 is 0. The van der Waals surface area contributed by atoms with Crippen molar-refractivity contribution in [3.63, 3.8) is 0 Å². The van der Waals surface area contributed by atoms with Crippen LogP contribution in [0.1, 0.15) is 60.2 Å².